The maximum atomic E-state index is 10.7. The Bertz CT molecular complexity index is 228. The Morgan fingerprint density at radius 2 is 2.40 bits per heavy atom. The van der Waals surface area contributed by atoms with Crippen LogP contribution in [-0.2, 0) is 4.79 Å². The van der Waals surface area contributed by atoms with Crippen molar-refractivity contribution in [2.24, 2.45) is 0 Å². The standard InChI is InChI=1S/C5H6N4O/c1-8-2-4(10)9(3-6)5(8)7/h7H,2H2,1H3. The highest BCUT2D eigenvalue weighted by molar-refractivity contribution is 6.04. The second-order valence-corrected chi connectivity index (χ2v) is 2.01. The van der Waals surface area contributed by atoms with Gasteiger partial charge in [-0.05, 0) is 0 Å². The Kier molecular flexibility index (Phi) is 1.30. The monoisotopic (exact) mass is 138 g/mol. The van der Waals surface area contributed by atoms with E-state index in [4.69, 9.17) is 10.7 Å². The Labute approximate surface area is 58.0 Å². The maximum absolute atomic E-state index is 10.7. The van der Waals surface area contributed by atoms with Crippen LogP contribution in [0.4, 0.5) is 0 Å². The molecule has 0 unspecified atom stereocenters. The normalized spacial score (nSPS) is 18.0. The van der Waals surface area contributed by atoms with Crippen molar-refractivity contribution in [3.05, 3.63) is 0 Å². The number of nitrogens with one attached hydrogen (secondary N) is 1. The zero-order chi connectivity index (χ0) is 7.72. The number of carbonyl (C=O) groups is 1. The molecule has 0 spiro atoms. The molecule has 0 radical (unpaired) electrons. The van der Waals surface area contributed by atoms with Crippen LogP contribution in [0, 0.1) is 16.9 Å². The molecule has 1 rings (SSSR count). The summed E-state index contributed by atoms with van der Waals surface area (Å²) < 4.78 is 0. The van der Waals surface area contributed by atoms with Gasteiger partial charge in [0, 0.05) is 7.05 Å². The summed E-state index contributed by atoms with van der Waals surface area (Å²) >= 11 is 0. The summed E-state index contributed by atoms with van der Waals surface area (Å²) in [6.07, 6.45) is 1.61. The molecule has 1 heterocycles. The van der Waals surface area contributed by atoms with Gasteiger partial charge in [0.2, 0.25) is 5.96 Å². The van der Waals surface area contributed by atoms with Gasteiger partial charge in [0.15, 0.2) is 6.19 Å². The van der Waals surface area contributed by atoms with Crippen molar-refractivity contribution in [1.82, 2.24) is 9.80 Å². The van der Waals surface area contributed by atoms with E-state index >= 15 is 0 Å². The number of nitriles is 1. The first-order valence-corrected chi connectivity index (χ1v) is 2.69. The van der Waals surface area contributed by atoms with Crippen LogP contribution in [0.15, 0.2) is 0 Å². The summed E-state index contributed by atoms with van der Waals surface area (Å²) in [6.45, 7) is 0.131. The van der Waals surface area contributed by atoms with E-state index in [0.717, 1.165) is 4.90 Å². The molecule has 0 aliphatic carbocycles. The summed E-state index contributed by atoms with van der Waals surface area (Å²) in [5, 5.41) is 15.5. The molecule has 1 aliphatic rings. The highest BCUT2D eigenvalue weighted by Crippen LogP contribution is 2.03. The van der Waals surface area contributed by atoms with Crippen molar-refractivity contribution in [2.45, 2.75) is 0 Å². The number of rotatable bonds is 0. The lowest BCUT2D eigenvalue weighted by Crippen LogP contribution is -2.27. The molecule has 1 N–H and O–H groups in total. The Morgan fingerprint density at radius 1 is 1.80 bits per heavy atom. The fourth-order valence-corrected chi connectivity index (χ4v) is 0.740. The van der Waals surface area contributed by atoms with E-state index in [2.05, 4.69) is 0 Å². The fourth-order valence-electron chi connectivity index (χ4n) is 0.740. The number of likely N-dealkylation sites (N-methyl/N-ethyl adjacent to an activating group) is 1. The first-order valence-electron chi connectivity index (χ1n) is 2.69. The molecule has 0 saturated carbocycles. The van der Waals surface area contributed by atoms with Gasteiger partial charge in [-0.2, -0.15) is 10.2 Å². The average Bonchev–Trinajstić information content (AvgIpc) is 2.09. The first-order chi connectivity index (χ1) is 4.66. The highest BCUT2D eigenvalue weighted by atomic mass is 16.2. The van der Waals surface area contributed by atoms with Gasteiger partial charge in [-0.1, -0.05) is 0 Å². The molecule has 0 aromatic carbocycles. The number of carbonyl (C=O) groups excluding carboxylic acids is 1. The van der Waals surface area contributed by atoms with E-state index in [0.29, 0.717) is 0 Å². The Balaban J connectivity index is 2.87. The predicted octanol–water partition coefficient (Wildman–Crippen LogP) is -0.824. The van der Waals surface area contributed by atoms with Gasteiger partial charge in [0.1, 0.15) is 6.54 Å². The third kappa shape index (κ3) is 0.702. The zero-order valence-corrected chi connectivity index (χ0v) is 5.46. The van der Waals surface area contributed by atoms with E-state index in [1.807, 2.05) is 0 Å². The molecular formula is C5H6N4O. The molecule has 1 fully saturated rings. The minimum atomic E-state index is -0.338. The van der Waals surface area contributed by atoms with E-state index in [1.54, 1.807) is 13.2 Å². The van der Waals surface area contributed by atoms with E-state index < -0.39 is 0 Å². The summed E-state index contributed by atoms with van der Waals surface area (Å²) in [7, 11) is 1.59. The summed E-state index contributed by atoms with van der Waals surface area (Å²) in [4.78, 5) is 12.9. The van der Waals surface area contributed by atoms with Crippen molar-refractivity contribution >= 4 is 11.9 Å². The number of nitrogens with zero attached hydrogens (tertiary/aromatic N) is 3. The second-order valence-electron chi connectivity index (χ2n) is 2.01. The molecule has 1 saturated heterocycles. The molecule has 5 heteroatoms. The summed E-state index contributed by atoms with van der Waals surface area (Å²) in [5.74, 6) is -0.387. The molecule has 10 heavy (non-hydrogen) atoms. The van der Waals surface area contributed by atoms with Crippen LogP contribution in [0.5, 0.6) is 0 Å². The van der Waals surface area contributed by atoms with Crippen molar-refractivity contribution in [2.75, 3.05) is 13.6 Å². The van der Waals surface area contributed by atoms with E-state index in [-0.39, 0.29) is 18.4 Å². The third-order valence-electron chi connectivity index (χ3n) is 1.30. The molecule has 0 aromatic rings. The lowest BCUT2D eigenvalue weighted by molar-refractivity contribution is -0.123. The number of hydrogen-bond acceptors (Lipinski definition) is 3. The lowest BCUT2D eigenvalue weighted by atomic mass is 10.6. The van der Waals surface area contributed by atoms with Gasteiger partial charge >= 0.3 is 0 Å². The van der Waals surface area contributed by atoms with Crippen LogP contribution in [0.1, 0.15) is 0 Å². The van der Waals surface area contributed by atoms with Crippen molar-refractivity contribution in [3.63, 3.8) is 0 Å². The van der Waals surface area contributed by atoms with Gasteiger partial charge in [0.05, 0.1) is 0 Å². The van der Waals surface area contributed by atoms with E-state index in [9.17, 15) is 4.79 Å². The number of amides is 1. The molecule has 5 nitrogen and oxygen atoms in total. The largest absolute Gasteiger partial charge is 0.335 e. The van der Waals surface area contributed by atoms with Crippen molar-refractivity contribution < 1.29 is 4.79 Å². The summed E-state index contributed by atoms with van der Waals surface area (Å²) in [6, 6.07) is 0. The van der Waals surface area contributed by atoms with Gasteiger partial charge in [-0.25, -0.2) is 0 Å². The lowest BCUT2D eigenvalue weighted by Gasteiger charge is -2.07. The predicted molar refractivity (Wildman–Crippen MR) is 32.8 cm³/mol. The van der Waals surface area contributed by atoms with Crippen LogP contribution >= 0.6 is 0 Å². The molecular weight excluding hydrogens is 132 g/mol. The van der Waals surface area contributed by atoms with Crippen LogP contribution in [-0.4, -0.2) is 35.3 Å². The first kappa shape index (κ1) is 6.55. The minimum absolute atomic E-state index is 0.0486. The minimum Gasteiger partial charge on any atom is -0.335 e. The van der Waals surface area contributed by atoms with Crippen LogP contribution < -0.4 is 0 Å². The maximum Gasteiger partial charge on any atom is 0.262 e. The van der Waals surface area contributed by atoms with Crippen LogP contribution in [0.3, 0.4) is 0 Å². The average molecular weight is 138 g/mol. The quantitative estimate of drug-likeness (QED) is 0.444. The molecule has 52 valence electrons. The SMILES string of the molecule is CN1CC(=O)N(C#N)C1=N. The molecule has 0 aromatic heterocycles. The smallest absolute Gasteiger partial charge is 0.262 e. The Hall–Kier alpha value is -1.57. The van der Waals surface area contributed by atoms with Gasteiger partial charge < -0.3 is 4.90 Å². The molecule has 0 atom stereocenters. The number of hydrogen-bond donors (Lipinski definition) is 1. The zero-order valence-electron chi connectivity index (χ0n) is 5.46. The molecule has 0 bridgehead atoms. The van der Waals surface area contributed by atoms with Gasteiger partial charge in [-0.3, -0.25) is 10.2 Å². The second kappa shape index (κ2) is 1.99. The van der Waals surface area contributed by atoms with Crippen molar-refractivity contribution in [1.29, 1.82) is 10.7 Å². The highest BCUT2D eigenvalue weighted by Gasteiger charge is 2.30. The van der Waals surface area contributed by atoms with Gasteiger partial charge in [-0.15, -0.1) is 0 Å². The van der Waals surface area contributed by atoms with Crippen molar-refractivity contribution in [3.8, 4) is 6.19 Å². The topological polar surface area (TPSA) is 71.2 Å². The summed E-state index contributed by atoms with van der Waals surface area (Å²) in [5.41, 5.74) is 0. The van der Waals surface area contributed by atoms with Gasteiger partial charge in [0.25, 0.3) is 5.91 Å². The Morgan fingerprint density at radius 3 is 2.60 bits per heavy atom. The van der Waals surface area contributed by atoms with Crippen LogP contribution in [0.25, 0.3) is 0 Å². The molecule has 1 amide bonds. The fraction of sp³-hybridized carbons (Fsp3) is 0.400. The van der Waals surface area contributed by atoms with E-state index in [1.165, 1.54) is 4.90 Å². The third-order valence-corrected chi connectivity index (χ3v) is 1.30. The van der Waals surface area contributed by atoms with Crippen LogP contribution in [0.2, 0.25) is 0 Å². The number of guanidine groups is 1. The molecule has 1 aliphatic heterocycles.